The number of aromatic carboxylic acids is 1. The van der Waals surface area contributed by atoms with E-state index in [1.807, 2.05) is 26.0 Å². The van der Waals surface area contributed by atoms with Crippen molar-refractivity contribution in [2.24, 2.45) is 0 Å². The van der Waals surface area contributed by atoms with Gasteiger partial charge in [0.05, 0.1) is 5.69 Å². The zero-order valence-corrected chi connectivity index (χ0v) is 11.7. The Labute approximate surface area is 115 Å². The van der Waals surface area contributed by atoms with Gasteiger partial charge < -0.3 is 9.84 Å². The van der Waals surface area contributed by atoms with Gasteiger partial charge in [0.25, 0.3) is 0 Å². The van der Waals surface area contributed by atoms with E-state index in [0.29, 0.717) is 10.4 Å². The monoisotopic (exact) mass is 277 g/mol. The van der Waals surface area contributed by atoms with Gasteiger partial charge in [-0.05, 0) is 36.9 Å². The number of pyridine rings is 1. The number of hydrogen-bond acceptors (Lipinski definition) is 4. The first kappa shape index (κ1) is 13.5. The average molecular weight is 277 g/mol. The molecule has 0 saturated heterocycles. The largest absolute Gasteiger partial charge is 0.487 e. The number of carboxylic acid groups (broad SMARTS) is 1. The zero-order valence-electron chi connectivity index (χ0n) is 10.8. The quantitative estimate of drug-likeness (QED) is 0.911. The summed E-state index contributed by atoms with van der Waals surface area (Å²) in [6.45, 7) is 4.20. The fourth-order valence-electron chi connectivity index (χ4n) is 1.77. The number of carbonyl (C=O) groups is 1. The van der Waals surface area contributed by atoms with E-state index >= 15 is 0 Å². The third-order valence-electron chi connectivity index (χ3n) is 2.73. The predicted octanol–water partition coefficient (Wildman–Crippen LogP) is 3.29. The molecule has 19 heavy (non-hydrogen) atoms. The standard InChI is InChI=1S/C14H15NO3S/c1-3-11-12(5-4-9(2)15-11)18-8-10-6-7-19-13(10)14(16)17/h4-7H,3,8H2,1-2H3,(H,16,17). The van der Waals surface area contributed by atoms with Gasteiger partial charge in [-0.3, -0.25) is 4.98 Å². The highest BCUT2D eigenvalue weighted by molar-refractivity contribution is 7.12. The van der Waals surface area contributed by atoms with Crippen molar-refractivity contribution >= 4 is 17.3 Å². The Kier molecular flexibility index (Phi) is 4.16. The minimum Gasteiger partial charge on any atom is -0.487 e. The molecule has 0 spiro atoms. The molecule has 0 aliphatic heterocycles. The summed E-state index contributed by atoms with van der Waals surface area (Å²) in [7, 11) is 0. The smallest absolute Gasteiger partial charge is 0.346 e. The summed E-state index contributed by atoms with van der Waals surface area (Å²) in [4.78, 5) is 15.7. The van der Waals surface area contributed by atoms with E-state index in [9.17, 15) is 4.79 Å². The van der Waals surface area contributed by atoms with Crippen molar-refractivity contribution in [1.82, 2.24) is 4.98 Å². The SMILES string of the molecule is CCc1nc(C)ccc1OCc1ccsc1C(=O)O. The summed E-state index contributed by atoms with van der Waals surface area (Å²) >= 11 is 1.21. The number of aryl methyl sites for hydroxylation is 2. The molecule has 2 aromatic rings. The van der Waals surface area contributed by atoms with Crippen LogP contribution in [0.4, 0.5) is 0 Å². The molecule has 0 amide bonds. The molecule has 0 bridgehead atoms. The molecule has 1 N–H and O–H groups in total. The van der Waals surface area contributed by atoms with E-state index in [1.165, 1.54) is 11.3 Å². The Hall–Kier alpha value is -1.88. The van der Waals surface area contributed by atoms with Gasteiger partial charge >= 0.3 is 5.97 Å². The van der Waals surface area contributed by atoms with Crippen LogP contribution in [0.5, 0.6) is 5.75 Å². The van der Waals surface area contributed by atoms with Crippen LogP contribution in [-0.4, -0.2) is 16.1 Å². The number of carboxylic acids is 1. The molecule has 100 valence electrons. The second-order valence-electron chi connectivity index (χ2n) is 4.12. The van der Waals surface area contributed by atoms with E-state index in [0.717, 1.165) is 23.6 Å². The zero-order chi connectivity index (χ0) is 13.8. The number of rotatable bonds is 5. The van der Waals surface area contributed by atoms with Crippen LogP contribution in [0, 0.1) is 6.92 Å². The predicted molar refractivity (Wildman–Crippen MR) is 74.0 cm³/mol. The van der Waals surface area contributed by atoms with E-state index in [-0.39, 0.29) is 6.61 Å². The molecule has 0 aliphatic rings. The van der Waals surface area contributed by atoms with Gasteiger partial charge in [-0.25, -0.2) is 4.79 Å². The van der Waals surface area contributed by atoms with Crippen LogP contribution in [0.15, 0.2) is 23.6 Å². The van der Waals surface area contributed by atoms with Crippen molar-refractivity contribution in [3.8, 4) is 5.75 Å². The Bertz CT molecular complexity index is 592. The lowest BCUT2D eigenvalue weighted by atomic mass is 10.2. The van der Waals surface area contributed by atoms with E-state index < -0.39 is 5.97 Å². The van der Waals surface area contributed by atoms with Crippen LogP contribution < -0.4 is 4.74 Å². The molecule has 0 unspecified atom stereocenters. The maximum Gasteiger partial charge on any atom is 0.346 e. The van der Waals surface area contributed by atoms with Crippen LogP contribution in [0.3, 0.4) is 0 Å². The first-order valence-electron chi connectivity index (χ1n) is 6.00. The Morgan fingerprint density at radius 3 is 2.89 bits per heavy atom. The normalized spacial score (nSPS) is 10.4. The first-order chi connectivity index (χ1) is 9.11. The number of thiophene rings is 1. The minimum atomic E-state index is -0.911. The summed E-state index contributed by atoms with van der Waals surface area (Å²) in [5.74, 6) is -0.193. The van der Waals surface area contributed by atoms with Gasteiger partial charge in [-0.2, -0.15) is 0 Å². The highest BCUT2D eigenvalue weighted by atomic mass is 32.1. The topological polar surface area (TPSA) is 59.4 Å². The summed E-state index contributed by atoms with van der Waals surface area (Å²) < 4.78 is 5.70. The minimum absolute atomic E-state index is 0.253. The van der Waals surface area contributed by atoms with E-state index in [1.54, 1.807) is 11.4 Å². The van der Waals surface area contributed by atoms with Crippen molar-refractivity contribution in [2.45, 2.75) is 26.9 Å². The molecule has 0 aromatic carbocycles. The van der Waals surface area contributed by atoms with Crippen molar-refractivity contribution in [1.29, 1.82) is 0 Å². The van der Waals surface area contributed by atoms with Crippen molar-refractivity contribution in [2.75, 3.05) is 0 Å². The lowest BCUT2D eigenvalue weighted by Crippen LogP contribution is -2.04. The Morgan fingerprint density at radius 1 is 1.42 bits per heavy atom. The fourth-order valence-corrected chi connectivity index (χ4v) is 2.52. The average Bonchev–Trinajstić information content (AvgIpc) is 2.85. The van der Waals surface area contributed by atoms with Crippen molar-refractivity contribution in [3.63, 3.8) is 0 Å². The van der Waals surface area contributed by atoms with Gasteiger partial charge in [0.2, 0.25) is 0 Å². The van der Waals surface area contributed by atoms with Crippen LogP contribution in [0.25, 0.3) is 0 Å². The maximum atomic E-state index is 11.0. The van der Waals surface area contributed by atoms with Crippen molar-refractivity contribution in [3.05, 3.63) is 45.4 Å². The van der Waals surface area contributed by atoms with Crippen LogP contribution >= 0.6 is 11.3 Å². The second-order valence-corrected chi connectivity index (χ2v) is 5.04. The van der Waals surface area contributed by atoms with Gasteiger partial charge in [-0.15, -0.1) is 11.3 Å². The van der Waals surface area contributed by atoms with E-state index in [4.69, 9.17) is 9.84 Å². The summed E-state index contributed by atoms with van der Waals surface area (Å²) in [5, 5.41) is 10.8. The fraction of sp³-hybridized carbons (Fsp3) is 0.286. The lowest BCUT2D eigenvalue weighted by molar-refractivity contribution is 0.0699. The Morgan fingerprint density at radius 2 is 2.21 bits per heavy atom. The molecule has 0 atom stereocenters. The summed E-state index contributed by atoms with van der Waals surface area (Å²) in [5.41, 5.74) is 2.54. The summed E-state index contributed by atoms with van der Waals surface area (Å²) in [6, 6.07) is 5.55. The molecule has 4 nitrogen and oxygen atoms in total. The molecule has 0 aliphatic carbocycles. The van der Waals surface area contributed by atoms with Gasteiger partial charge in [0, 0.05) is 11.3 Å². The van der Waals surface area contributed by atoms with Gasteiger partial charge in [0.1, 0.15) is 17.2 Å². The highest BCUT2D eigenvalue weighted by Crippen LogP contribution is 2.22. The number of nitrogens with zero attached hydrogens (tertiary/aromatic N) is 1. The van der Waals surface area contributed by atoms with Crippen molar-refractivity contribution < 1.29 is 14.6 Å². The summed E-state index contributed by atoms with van der Waals surface area (Å²) in [6.07, 6.45) is 0.784. The maximum absolute atomic E-state index is 11.0. The third-order valence-corrected chi connectivity index (χ3v) is 3.68. The molecule has 2 rings (SSSR count). The van der Waals surface area contributed by atoms with Gasteiger partial charge in [-0.1, -0.05) is 6.92 Å². The van der Waals surface area contributed by atoms with Crippen LogP contribution in [-0.2, 0) is 13.0 Å². The van der Waals surface area contributed by atoms with E-state index in [2.05, 4.69) is 4.98 Å². The molecular weight excluding hydrogens is 262 g/mol. The highest BCUT2D eigenvalue weighted by Gasteiger charge is 2.13. The number of ether oxygens (including phenoxy) is 1. The van der Waals surface area contributed by atoms with Crippen LogP contribution in [0.2, 0.25) is 0 Å². The molecular formula is C14H15NO3S. The third kappa shape index (κ3) is 3.12. The molecule has 2 aromatic heterocycles. The number of aromatic nitrogens is 1. The Balaban J connectivity index is 2.14. The van der Waals surface area contributed by atoms with Crippen LogP contribution in [0.1, 0.15) is 33.5 Å². The van der Waals surface area contributed by atoms with Gasteiger partial charge in [0.15, 0.2) is 0 Å². The molecule has 5 heteroatoms. The first-order valence-corrected chi connectivity index (χ1v) is 6.88. The lowest BCUT2D eigenvalue weighted by Gasteiger charge is -2.10. The molecule has 0 saturated carbocycles. The second kappa shape index (κ2) is 5.84. The number of hydrogen-bond donors (Lipinski definition) is 1. The molecule has 0 radical (unpaired) electrons. The molecule has 0 fully saturated rings. The molecule has 2 heterocycles.